The zero-order chi connectivity index (χ0) is 16.6. The van der Waals surface area contributed by atoms with E-state index in [1.54, 1.807) is 26.2 Å². The van der Waals surface area contributed by atoms with Gasteiger partial charge in [-0.3, -0.25) is 4.98 Å². The molecule has 1 aliphatic rings. The summed E-state index contributed by atoms with van der Waals surface area (Å²) in [6.45, 7) is 5.13. The second kappa shape index (κ2) is 6.10. The van der Waals surface area contributed by atoms with Crippen molar-refractivity contribution in [1.82, 2.24) is 14.4 Å². The Hall–Kier alpha value is -1.64. The van der Waals surface area contributed by atoms with Crippen LogP contribution in [0.1, 0.15) is 11.5 Å². The summed E-state index contributed by atoms with van der Waals surface area (Å²) in [5, 5.41) is 4.30. The summed E-state index contributed by atoms with van der Waals surface area (Å²) >= 11 is 6.15. The van der Waals surface area contributed by atoms with Gasteiger partial charge in [-0.25, -0.2) is 8.42 Å². The minimum atomic E-state index is -3.59. The second-order valence-electron chi connectivity index (χ2n) is 5.37. The van der Waals surface area contributed by atoms with E-state index in [0.29, 0.717) is 42.7 Å². The zero-order valence-electron chi connectivity index (χ0n) is 12.9. The Kier molecular flexibility index (Phi) is 4.31. The van der Waals surface area contributed by atoms with Crippen LogP contribution in [0.5, 0.6) is 0 Å². The fourth-order valence-electron chi connectivity index (χ4n) is 2.77. The minimum absolute atomic E-state index is 0.174. The summed E-state index contributed by atoms with van der Waals surface area (Å²) < 4.78 is 32.0. The third kappa shape index (κ3) is 2.93. The van der Waals surface area contributed by atoms with Crippen molar-refractivity contribution in [2.75, 3.05) is 31.1 Å². The topological polar surface area (TPSA) is 79.5 Å². The quantitative estimate of drug-likeness (QED) is 0.835. The maximum atomic E-state index is 12.8. The highest BCUT2D eigenvalue weighted by Gasteiger charge is 2.33. The number of aryl methyl sites for hydroxylation is 2. The Morgan fingerprint density at radius 3 is 2.48 bits per heavy atom. The lowest BCUT2D eigenvalue weighted by atomic mass is 10.3. The standard InChI is InChI=1S/C14H17ClN4O3S/c1-10-14(11(2)22-17-10)23(20,21)19-7-5-18(6-8-19)13-3-4-16-9-12(13)15/h3-4,9H,5-8H2,1-2H3. The number of piperazine rings is 1. The molecule has 0 unspecified atom stereocenters. The van der Waals surface area contributed by atoms with Crippen LogP contribution >= 0.6 is 11.6 Å². The van der Waals surface area contributed by atoms with Gasteiger partial charge in [0.1, 0.15) is 10.6 Å². The highest BCUT2D eigenvalue weighted by atomic mass is 35.5. The van der Waals surface area contributed by atoms with Crippen molar-refractivity contribution in [3.63, 3.8) is 0 Å². The van der Waals surface area contributed by atoms with E-state index >= 15 is 0 Å². The van der Waals surface area contributed by atoms with Gasteiger partial charge in [-0.15, -0.1) is 0 Å². The monoisotopic (exact) mass is 356 g/mol. The summed E-state index contributed by atoms with van der Waals surface area (Å²) in [4.78, 5) is 6.20. The van der Waals surface area contributed by atoms with Crippen LogP contribution in [0.2, 0.25) is 5.02 Å². The van der Waals surface area contributed by atoms with Gasteiger partial charge in [-0.2, -0.15) is 4.31 Å². The molecule has 0 atom stereocenters. The first-order valence-corrected chi connectivity index (χ1v) is 9.00. The molecule has 1 fully saturated rings. The van der Waals surface area contributed by atoms with Crippen molar-refractivity contribution in [2.24, 2.45) is 0 Å². The molecule has 0 saturated carbocycles. The van der Waals surface area contributed by atoms with Gasteiger partial charge in [0.15, 0.2) is 5.76 Å². The minimum Gasteiger partial charge on any atom is -0.368 e. The summed E-state index contributed by atoms with van der Waals surface area (Å²) in [6, 6.07) is 1.83. The van der Waals surface area contributed by atoms with Crippen LogP contribution in [0, 0.1) is 13.8 Å². The summed E-state index contributed by atoms with van der Waals surface area (Å²) in [6.07, 6.45) is 3.26. The Morgan fingerprint density at radius 1 is 1.22 bits per heavy atom. The van der Waals surface area contributed by atoms with Gasteiger partial charge in [0.2, 0.25) is 10.0 Å². The van der Waals surface area contributed by atoms with Crippen molar-refractivity contribution >= 4 is 27.3 Å². The zero-order valence-corrected chi connectivity index (χ0v) is 14.4. The molecule has 7 nitrogen and oxygen atoms in total. The molecule has 9 heteroatoms. The molecule has 0 N–H and O–H groups in total. The van der Waals surface area contributed by atoms with Crippen LogP contribution in [0.4, 0.5) is 5.69 Å². The van der Waals surface area contributed by atoms with Crippen LogP contribution in [0.3, 0.4) is 0 Å². The second-order valence-corrected chi connectivity index (χ2v) is 7.65. The number of nitrogens with zero attached hydrogens (tertiary/aromatic N) is 4. The molecule has 0 aliphatic carbocycles. The molecule has 2 aromatic heterocycles. The van der Waals surface area contributed by atoms with E-state index in [-0.39, 0.29) is 4.90 Å². The van der Waals surface area contributed by atoms with Gasteiger partial charge < -0.3 is 9.42 Å². The fourth-order valence-corrected chi connectivity index (χ4v) is 4.72. The molecule has 0 aromatic carbocycles. The lowest BCUT2D eigenvalue weighted by molar-refractivity contribution is 0.378. The number of sulfonamides is 1. The van der Waals surface area contributed by atoms with E-state index in [1.807, 2.05) is 6.07 Å². The van der Waals surface area contributed by atoms with Crippen LogP contribution < -0.4 is 4.90 Å². The number of aromatic nitrogens is 2. The molecule has 0 spiro atoms. The Balaban J connectivity index is 1.78. The van der Waals surface area contributed by atoms with Crippen LogP contribution in [0.25, 0.3) is 0 Å². The molecule has 124 valence electrons. The average Bonchev–Trinajstić information content (AvgIpc) is 2.87. The van der Waals surface area contributed by atoms with Crippen molar-refractivity contribution in [3.8, 4) is 0 Å². The lowest BCUT2D eigenvalue weighted by Crippen LogP contribution is -2.48. The molecule has 1 aliphatic heterocycles. The van der Waals surface area contributed by atoms with E-state index in [0.717, 1.165) is 5.69 Å². The van der Waals surface area contributed by atoms with Crippen LogP contribution in [-0.2, 0) is 10.0 Å². The Labute approximate surface area is 139 Å². The predicted molar refractivity (Wildman–Crippen MR) is 86.2 cm³/mol. The van der Waals surface area contributed by atoms with Crippen molar-refractivity contribution < 1.29 is 12.9 Å². The largest absolute Gasteiger partial charge is 0.368 e. The number of hydrogen-bond acceptors (Lipinski definition) is 6. The molecule has 23 heavy (non-hydrogen) atoms. The molecule has 3 rings (SSSR count). The lowest BCUT2D eigenvalue weighted by Gasteiger charge is -2.35. The maximum absolute atomic E-state index is 12.8. The number of rotatable bonds is 3. The van der Waals surface area contributed by atoms with Gasteiger partial charge in [-0.1, -0.05) is 16.8 Å². The third-order valence-corrected chi connectivity index (χ3v) is 6.33. The first-order chi connectivity index (χ1) is 10.9. The van der Waals surface area contributed by atoms with E-state index in [1.165, 1.54) is 4.31 Å². The van der Waals surface area contributed by atoms with E-state index < -0.39 is 10.0 Å². The first-order valence-electron chi connectivity index (χ1n) is 7.18. The van der Waals surface area contributed by atoms with Gasteiger partial charge >= 0.3 is 0 Å². The highest BCUT2D eigenvalue weighted by Crippen LogP contribution is 2.28. The highest BCUT2D eigenvalue weighted by molar-refractivity contribution is 7.89. The van der Waals surface area contributed by atoms with Gasteiger partial charge in [0.05, 0.1) is 10.7 Å². The number of anilines is 1. The molecule has 0 radical (unpaired) electrons. The van der Waals surface area contributed by atoms with Crippen molar-refractivity contribution in [1.29, 1.82) is 0 Å². The van der Waals surface area contributed by atoms with Crippen molar-refractivity contribution in [2.45, 2.75) is 18.7 Å². The number of hydrogen-bond donors (Lipinski definition) is 0. The molecule has 0 bridgehead atoms. The summed E-state index contributed by atoms with van der Waals surface area (Å²) in [7, 11) is -3.59. The number of pyridine rings is 1. The van der Waals surface area contributed by atoms with Gasteiger partial charge in [0.25, 0.3) is 0 Å². The van der Waals surface area contributed by atoms with Crippen LogP contribution in [-0.4, -0.2) is 49.0 Å². The van der Waals surface area contributed by atoms with Gasteiger partial charge in [0, 0.05) is 38.6 Å². The Bertz CT molecular complexity index is 794. The van der Waals surface area contributed by atoms with E-state index in [4.69, 9.17) is 16.1 Å². The normalized spacial score (nSPS) is 16.7. The summed E-state index contributed by atoms with van der Waals surface area (Å²) in [5.74, 6) is 0.321. The van der Waals surface area contributed by atoms with E-state index in [2.05, 4.69) is 15.0 Å². The molecule has 2 aromatic rings. The Morgan fingerprint density at radius 2 is 1.91 bits per heavy atom. The first kappa shape index (κ1) is 16.2. The molecular formula is C14H17ClN4O3S. The molecule has 0 amide bonds. The average molecular weight is 357 g/mol. The molecule has 1 saturated heterocycles. The van der Waals surface area contributed by atoms with Crippen LogP contribution in [0.15, 0.2) is 27.9 Å². The predicted octanol–water partition coefficient (Wildman–Crippen LogP) is 1.85. The van der Waals surface area contributed by atoms with Crippen molar-refractivity contribution in [3.05, 3.63) is 34.9 Å². The third-order valence-electron chi connectivity index (χ3n) is 3.90. The SMILES string of the molecule is Cc1noc(C)c1S(=O)(=O)N1CCN(c2ccncc2Cl)CC1. The molecule has 3 heterocycles. The van der Waals surface area contributed by atoms with Gasteiger partial charge in [-0.05, 0) is 19.9 Å². The maximum Gasteiger partial charge on any atom is 0.248 e. The molecular weight excluding hydrogens is 340 g/mol. The fraction of sp³-hybridized carbons (Fsp3) is 0.429. The van der Waals surface area contributed by atoms with E-state index in [9.17, 15) is 8.42 Å². The summed E-state index contributed by atoms with van der Waals surface area (Å²) in [5.41, 5.74) is 1.26. The number of halogens is 1. The smallest absolute Gasteiger partial charge is 0.248 e.